The van der Waals surface area contributed by atoms with Crippen molar-refractivity contribution in [1.82, 2.24) is 4.37 Å². The minimum absolute atomic E-state index is 0.0369. The molecule has 6 nitrogen and oxygen atoms in total. The number of rotatable bonds is 5. The highest BCUT2D eigenvalue weighted by molar-refractivity contribution is 7.11. The maximum atomic E-state index is 11.3. The summed E-state index contributed by atoms with van der Waals surface area (Å²) in [6.45, 7) is 3.69. The first-order valence-electron chi connectivity index (χ1n) is 4.63. The molecule has 0 unspecified atom stereocenters. The predicted octanol–water partition coefficient (Wildman–Crippen LogP) is 1.12. The predicted molar refractivity (Wildman–Crippen MR) is 58.9 cm³/mol. The van der Waals surface area contributed by atoms with Gasteiger partial charge in [0.1, 0.15) is 17.2 Å². The Balaban J connectivity index is 2.74. The highest BCUT2D eigenvalue weighted by atomic mass is 32.1. The topological polar surface area (TPSA) is 88.5 Å². The number of carboxylic acid groups (broad SMARTS) is 1. The van der Waals surface area contributed by atoms with Crippen LogP contribution in [-0.2, 0) is 9.53 Å². The molecule has 1 aromatic heterocycles. The zero-order chi connectivity index (χ0) is 12.1. The normalized spacial score (nSPS) is 10.1. The third-order valence-corrected chi connectivity index (χ3v) is 2.62. The van der Waals surface area contributed by atoms with E-state index in [9.17, 15) is 9.59 Å². The molecule has 1 heterocycles. The minimum Gasteiger partial charge on any atom is -0.478 e. The zero-order valence-electron chi connectivity index (χ0n) is 8.94. The van der Waals surface area contributed by atoms with E-state index in [-0.39, 0.29) is 23.1 Å². The molecule has 0 saturated heterocycles. The first-order chi connectivity index (χ1) is 7.56. The summed E-state index contributed by atoms with van der Waals surface area (Å²) in [7, 11) is 0. The largest absolute Gasteiger partial charge is 0.478 e. The van der Waals surface area contributed by atoms with Gasteiger partial charge in [0.25, 0.3) is 5.91 Å². The van der Waals surface area contributed by atoms with Gasteiger partial charge in [-0.1, -0.05) is 0 Å². The number of nitrogens with one attached hydrogen (secondary N) is 1. The van der Waals surface area contributed by atoms with Gasteiger partial charge in [-0.2, -0.15) is 4.37 Å². The van der Waals surface area contributed by atoms with Gasteiger partial charge in [0.05, 0.1) is 5.69 Å². The molecular weight excluding hydrogens is 232 g/mol. The van der Waals surface area contributed by atoms with E-state index in [2.05, 4.69) is 9.69 Å². The standard InChI is InChI=1S/C9H12N2O4S/c1-3-15-4-6(12)10-8-7(9(13)14)5(2)11-16-8/h3-4H2,1-2H3,(H,10,12)(H,13,14). The smallest absolute Gasteiger partial charge is 0.340 e. The third kappa shape index (κ3) is 3.01. The van der Waals surface area contributed by atoms with E-state index in [0.29, 0.717) is 12.3 Å². The molecule has 2 N–H and O–H groups in total. The summed E-state index contributed by atoms with van der Waals surface area (Å²) in [5.41, 5.74) is 0.430. The van der Waals surface area contributed by atoms with Gasteiger partial charge in [0, 0.05) is 6.61 Å². The van der Waals surface area contributed by atoms with Gasteiger partial charge in [0.2, 0.25) is 0 Å². The van der Waals surface area contributed by atoms with Gasteiger partial charge in [-0.3, -0.25) is 4.79 Å². The molecule has 0 bridgehead atoms. The van der Waals surface area contributed by atoms with E-state index in [4.69, 9.17) is 9.84 Å². The number of carbonyl (C=O) groups excluding carboxylic acids is 1. The number of aromatic nitrogens is 1. The molecule has 7 heteroatoms. The Morgan fingerprint density at radius 2 is 2.25 bits per heavy atom. The van der Waals surface area contributed by atoms with Crippen LogP contribution in [0.15, 0.2) is 0 Å². The fourth-order valence-electron chi connectivity index (χ4n) is 1.06. The van der Waals surface area contributed by atoms with E-state index in [1.807, 2.05) is 0 Å². The summed E-state index contributed by atoms with van der Waals surface area (Å²) in [5.74, 6) is -1.48. The average molecular weight is 244 g/mol. The van der Waals surface area contributed by atoms with Gasteiger partial charge in [-0.05, 0) is 25.4 Å². The lowest BCUT2D eigenvalue weighted by atomic mass is 10.2. The number of aromatic carboxylic acids is 1. The first-order valence-corrected chi connectivity index (χ1v) is 5.40. The fraction of sp³-hybridized carbons (Fsp3) is 0.444. The van der Waals surface area contributed by atoms with Crippen LogP contribution in [0.1, 0.15) is 23.0 Å². The number of amides is 1. The minimum atomic E-state index is -1.10. The van der Waals surface area contributed by atoms with Crippen molar-refractivity contribution in [3.63, 3.8) is 0 Å². The van der Waals surface area contributed by atoms with Gasteiger partial charge in [0.15, 0.2) is 0 Å². The van der Waals surface area contributed by atoms with Crippen LogP contribution in [0, 0.1) is 6.92 Å². The summed E-state index contributed by atoms with van der Waals surface area (Å²) < 4.78 is 8.78. The van der Waals surface area contributed by atoms with Crippen LogP contribution in [-0.4, -0.2) is 34.6 Å². The Morgan fingerprint density at radius 3 is 2.81 bits per heavy atom. The van der Waals surface area contributed by atoms with E-state index in [1.165, 1.54) is 0 Å². The maximum Gasteiger partial charge on any atom is 0.340 e. The molecule has 1 aromatic rings. The van der Waals surface area contributed by atoms with Crippen LogP contribution in [0.3, 0.4) is 0 Å². The van der Waals surface area contributed by atoms with Crippen LogP contribution in [0.25, 0.3) is 0 Å². The Hall–Kier alpha value is -1.47. The van der Waals surface area contributed by atoms with Gasteiger partial charge in [-0.25, -0.2) is 4.79 Å². The Kier molecular flexibility index (Phi) is 4.39. The molecule has 16 heavy (non-hydrogen) atoms. The number of hydrogen-bond acceptors (Lipinski definition) is 5. The van der Waals surface area contributed by atoms with Crippen molar-refractivity contribution in [1.29, 1.82) is 0 Å². The second-order valence-corrected chi connectivity index (χ2v) is 3.74. The Bertz CT molecular complexity index is 402. The Labute approximate surface area is 96.4 Å². The van der Waals surface area contributed by atoms with Gasteiger partial charge in [-0.15, -0.1) is 0 Å². The molecular formula is C9H12N2O4S. The number of carbonyl (C=O) groups is 2. The molecule has 1 rings (SSSR count). The van der Waals surface area contributed by atoms with Crippen LogP contribution in [0.5, 0.6) is 0 Å². The van der Waals surface area contributed by atoms with Crippen molar-refractivity contribution >= 4 is 28.4 Å². The molecule has 0 atom stereocenters. The van der Waals surface area contributed by atoms with E-state index in [1.54, 1.807) is 13.8 Å². The van der Waals surface area contributed by atoms with Gasteiger partial charge >= 0.3 is 5.97 Å². The molecule has 0 saturated carbocycles. The SMILES string of the molecule is CCOCC(=O)Nc1snc(C)c1C(=O)O. The fourth-order valence-corrected chi connectivity index (χ4v) is 1.87. The van der Waals surface area contributed by atoms with Crippen molar-refractivity contribution in [3.8, 4) is 0 Å². The first kappa shape index (κ1) is 12.6. The Morgan fingerprint density at radius 1 is 1.56 bits per heavy atom. The van der Waals surface area contributed by atoms with E-state index in [0.717, 1.165) is 11.5 Å². The molecule has 0 aliphatic rings. The highest BCUT2D eigenvalue weighted by Gasteiger charge is 2.18. The number of hydrogen-bond donors (Lipinski definition) is 2. The molecule has 0 fully saturated rings. The summed E-state index contributed by atoms with van der Waals surface area (Å²) in [4.78, 5) is 22.2. The molecule has 1 amide bonds. The monoisotopic (exact) mass is 244 g/mol. The van der Waals surface area contributed by atoms with Crippen LogP contribution >= 0.6 is 11.5 Å². The van der Waals surface area contributed by atoms with Crippen molar-refractivity contribution in [3.05, 3.63) is 11.3 Å². The van der Waals surface area contributed by atoms with E-state index < -0.39 is 5.97 Å². The van der Waals surface area contributed by atoms with Crippen molar-refractivity contribution in [2.45, 2.75) is 13.8 Å². The quantitative estimate of drug-likeness (QED) is 0.810. The van der Waals surface area contributed by atoms with E-state index >= 15 is 0 Å². The summed E-state index contributed by atoms with van der Waals surface area (Å²) >= 11 is 0.948. The van der Waals surface area contributed by atoms with Crippen molar-refractivity contribution in [2.75, 3.05) is 18.5 Å². The molecule has 0 radical (unpaired) electrons. The summed E-state index contributed by atoms with van der Waals surface area (Å²) in [6.07, 6.45) is 0. The third-order valence-electron chi connectivity index (χ3n) is 1.77. The molecule has 0 aliphatic heterocycles. The lowest BCUT2D eigenvalue weighted by Crippen LogP contribution is -2.19. The zero-order valence-corrected chi connectivity index (χ0v) is 9.76. The van der Waals surface area contributed by atoms with Crippen LogP contribution in [0.2, 0.25) is 0 Å². The lowest BCUT2D eigenvalue weighted by Gasteiger charge is -2.03. The maximum absolute atomic E-state index is 11.3. The molecule has 0 aliphatic carbocycles. The number of aryl methyl sites for hydroxylation is 1. The van der Waals surface area contributed by atoms with Gasteiger partial charge < -0.3 is 15.2 Å². The van der Waals surface area contributed by atoms with Crippen molar-refractivity contribution in [2.24, 2.45) is 0 Å². The molecule has 0 aromatic carbocycles. The summed E-state index contributed by atoms with van der Waals surface area (Å²) in [6, 6.07) is 0. The second-order valence-electron chi connectivity index (χ2n) is 2.96. The molecule has 88 valence electrons. The number of nitrogens with zero attached hydrogens (tertiary/aromatic N) is 1. The molecule has 0 spiro atoms. The second kappa shape index (κ2) is 5.57. The number of carboxylic acids is 1. The van der Waals surface area contributed by atoms with Crippen LogP contribution < -0.4 is 5.32 Å². The average Bonchev–Trinajstić information content (AvgIpc) is 2.56. The van der Waals surface area contributed by atoms with Crippen molar-refractivity contribution < 1.29 is 19.4 Å². The lowest BCUT2D eigenvalue weighted by molar-refractivity contribution is -0.120. The van der Waals surface area contributed by atoms with Crippen LogP contribution in [0.4, 0.5) is 5.00 Å². The number of ether oxygens (including phenoxy) is 1. The summed E-state index contributed by atoms with van der Waals surface area (Å²) in [5, 5.41) is 11.6. The number of anilines is 1. The highest BCUT2D eigenvalue weighted by Crippen LogP contribution is 2.24.